The molecule has 1 fully saturated rings. The summed E-state index contributed by atoms with van der Waals surface area (Å²) < 4.78 is 0. The van der Waals surface area contributed by atoms with Gasteiger partial charge in [-0.15, -0.1) is 0 Å². The molecule has 9 heteroatoms. The first-order chi connectivity index (χ1) is 34.8. The molecule has 0 saturated carbocycles. The molecular weight excluding hydrogens is 1060 g/mol. The summed E-state index contributed by atoms with van der Waals surface area (Å²) in [6.07, 6.45) is 44.3. The molecule has 2 heterocycles. The molecule has 0 bridgehead atoms. The smallest absolute Gasteiger partial charge is 0.0529 e. The van der Waals surface area contributed by atoms with Crippen LogP contribution in [-0.4, -0.2) is 21.5 Å². The number of fused-ring (bicyclic) bond motifs is 1. The summed E-state index contributed by atoms with van der Waals surface area (Å²) in [7, 11) is 18.2. The molecule has 2 rings (SSSR count). The lowest BCUT2D eigenvalue weighted by Gasteiger charge is -2.28. The Hall–Kier alpha value is 0.0300. The van der Waals surface area contributed by atoms with Crippen molar-refractivity contribution in [3.8, 4) is 0 Å². The topological polar surface area (TPSA) is 0 Å². The monoisotopic (exact) mass is 1160 g/mol. The van der Waals surface area contributed by atoms with Crippen molar-refractivity contribution >= 4 is 94.2 Å². The summed E-state index contributed by atoms with van der Waals surface area (Å²) in [5.41, 5.74) is 18.3. The van der Waals surface area contributed by atoms with E-state index in [0.717, 1.165) is 70.0 Å². The molecule has 0 amide bonds. The summed E-state index contributed by atoms with van der Waals surface area (Å²) in [4.78, 5) is 2.97. The first-order valence-corrected chi connectivity index (χ1v) is 38.6. The number of hydrogen-bond acceptors (Lipinski definition) is 9. The normalized spacial score (nSPS) is 26.3. The van der Waals surface area contributed by atoms with Gasteiger partial charge in [-0.1, -0.05) is 217 Å². The second-order valence-electron chi connectivity index (χ2n) is 20.9. The highest BCUT2D eigenvalue weighted by molar-refractivity contribution is 9.27. The highest BCUT2D eigenvalue weighted by Gasteiger charge is 2.28. The second-order valence-corrected chi connectivity index (χ2v) is 33.7. The van der Waals surface area contributed by atoms with Crippen LogP contribution in [0.5, 0.6) is 0 Å². The molecule has 0 aliphatic carbocycles. The Morgan fingerprint density at radius 1 is 0.603 bits per heavy atom. The summed E-state index contributed by atoms with van der Waals surface area (Å²) in [5, 5.41) is 1.41. The van der Waals surface area contributed by atoms with Crippen LogP contribution in [0.15, 0.2) is 137 Å². The maximum absolute atomic E-state index is 2.61. The predicted octanol–water partition coefficient (Wildman–Crippen LogP) is 26.6. The van der Waals surface area contributed by atoms with E-state index in [4.69, 9.17) is 0 Å². The first-order valence-electron chi connectivity index (χ1n) is 27.8. The molecule has 4 atom stereocenters. The predicted molar refractivity (Wildman–Crippen MR) is 364 cm³/mol. The summed E-state index contributed by atoms with van der Waals surface area (Å²) in [5.74, 6) is 1.65. The molecule has 4 unspecified atom stereocenters. The molecule has 0 N–H and O–H groups in total. The van der Waals surface area contributed by atoms with E-state index in [0.29, 0.717) is 21.7 Å². The van der Waals surface area contributed by atoms with Gasteiger partial charge in [0.1, 0.15) is 0 Å². The number of rotatable bonds is 16. The minimum absolute atomic E-state index is 0.455. The third-order valence-electron chi connectivity index (χ3n) is 13.5. The molecule has 73 heavy (non-hydrogen) atoms. The van der Waals surface area contributed by atoms with Crippen molar-refractivity contribution in [1.82, 2.24) is 0 Å². The minimum Gasteiger partial charge on any atom is -0.0859 e. The number of allylic oxidation sites excluding steroid dienone is 19. The van der Waals surface area contributed by atoms with Gasteiger partial charge in [-0.05, 0) is 249 Å². The van der Waals surface area contributed by atoms with Crippen molar-refractivity contribution in [2.24, 2.45) is 5.92 Å². The van der Waals surface area contributed by atoms with Crippen LogP contribution in [0.1, 0.15) is 234 Å². The molecule has 0 aromatic heterocycles. The first kappa shape index (κ1) is 71.0. The zero-order valence-electron chi connectivity index (χ0n) is 49.5. The Kier molecular flexibility index (Phi) is 42.7. The number of hydrogen-bond donors (Lipinski definition) is 0. The van der Waals surface area contributed by atoms with E-state index in [1.807, 2.05) is 51.1 Å². The van der Waals surface area contributed by atoms with Gasteiger partial charge >= 0.3 is 0 Å². The second kappa shape index (κ2) is 43.9. The van der Waals surface area contributed by atoms with E-state index in [1.54, 1.807) is 27.2 Å². The van der Waals surface area contributed by atoms with Gasteiger partial charge in [-0.2, -0.15) is 0 Å². The Balaban J connectivity index is 0.00000133. The SMILES string of the molecule is CC/C(C)=C\C1C/C(C)=C\C2SSSSC2/C(C)=C\C/C(=C(/C)CCC=C(C)C)SSC/C(=C(\C)CC)CC/C(C)=C/CCC(C)/C=C(\C=C(/C)CC)SSS1.CC/C=C(/C)CC/C=C(/C)CC/C=C(/C)CC. The fourth-order valence-electron chi connectivity index (χ4n) is 7.84. The van der Waals surface area contributed by atoms with E-state index in [9.17, 15) is 0 Å². The van der Waals surface area contributed by atoms with Crippen molar-refractivity contribution in [3.63, 3.8) is 0 Å². The Labute approximate surface area is 488 Å². The zero-order valence-corrected chi connectivity index (χ0v) is 56.8. The fraction of sp³-hybridized carbons (Fsp3) is 0.625. The lowest BCUT2D eigenvalue weighted by Crippen LogP contribution is -2.20. The third kappa shape index (κ3) is 35.3. The molecule has 414 valence electrons. The van der Waals surface area contributed by atoms with E-state index in [1.165, 1.54) is 94.4 Å². The van der Waals surface area contributed by atoms with Crippen LogP contribution < -0.4 is 0 Å². The van der Waals surface area contributed by atoms with Crippen LogP contribution >= 0.6 is 94.2 Å². The molecule has 1 saturated heterocycles. The summed E-state index contributed by atoms with van der Waals surface area (Å²) in [6, 6.07) is 0. The van der Waals surface area contributed by atoms with Crippen molar-refractivity contribution in [2.45, 2.75) is 250 Å². The van der Waals surface area contributed by atoms with Gasteiger partial charge in [-0.25, -0.2) is 0 Å². The molecule has 2 aliphatic heterocycles. The van der Waals surface area contributed by atoms with E-state index >= 15 is 0 Å². The van der Waals surface area contributed by atoms with Crippen molar-refractivity contribution in [3.05, 3.63) is 137 Å². The maximum atomic E-state index is 2.61. The van der Waals surface area contributed by atoms with Crippen LogP contribution in [0.25, 0.3) is 0 Å². The van der Waals surface area contributed by atoms with Crippen molar-refractivity contribution in [1.29, 1.82) is 0 Å². The largest absolute Gasteiger partial charge is 0.0859 e. The molecule has 0 nitrogen and oxygen atoms in total. The fourth-order valence-corrected chi connectivity index (χ4v) is 23.3. The van der Waals surface area contributed by atoms with Crippen molar-refractivity contribution in [2.75, 3.05) is 5.75 Å². The molecule has 0 radical (unpaired) electrons. The molecule has 0 aromatic carbocycles. The Bertz CT molecular complexity index is 1970. The Morgan fingerprint density at radius 3 is 1.89 bits per heavy atom. The van der Waals surface area contributed by atoms with Gasteiger partial charge in [0.15, 0.2) is 0 Å². The van der Waals surface area contributed by atoms with Gasteiger partial charge < -0.3 is 0 Å². The van der Waals surface area contributed by atoms with Gasteiger partial charge in [0, 0.05) is 15.9 Å². The highest BCUT2D eigenvalue weighted by Crippen LogP contribution is 2.57. The standard InChI is InChI=1S/C47H74S9.C17H30/c1-14-34(6)27-43-29-37(9)21-18-20-36(8)23-25-42(39(11)16-3)32-48-51-45(40(12)22-17-19-33(4)5)26-24-41(13)47-46(52-55-56-53-47)31-38(10)30-44(50-54-49-43)28-35(7)15-2;1-6-10-16(4)12-9-14-17(5)13-8-11-15(3)7-2/h19-20,24,27-29,31,37,44,46-47H,14-18,21-23,25-26,30,32H2,1-13H3;10-11,14H,6-9,12-13H2,1-5H3/b34-27+,35-28-,36-20+,38-31-,41-24-,42-39+,43-29+,45-40+;15-11-,16-10-,17-14-. The average Bonchev–Trinajstić information content (AvgIpc) is 3.35. The van der Waals surface area contributed by atoms with Gasteiger partial charge in [0.25, 0.3) is 0 Å². The van der Waals surface area contributed by atoms with Crippen LogP contribution in [0.4, 0.5) is 0 Å². The molecular formula is C64H104S9. The van der Waals surface area contributed by atoms with Crippen molar-refractivity contribution < 1.29 is 0 Å². The summed E-state index contributed by atoms with van der Waals surface area (Å²) >= 11 is 0. The molecule has 0 spiro atoms. The van der Waals surface area contributed by atoms with E-state index in [2.05, 4.69) is 229 Å². The average molecular weight is 1160 g/mol. The Morgan fingerprint density at radius 2 is 1.25 bits per heavy atom. The van der Waals surface area contributed by atoms with Gasteiger partial charge in [-0.3, -0.25) is 0 Å². The van der Waals surface area contributed by atoms with E-state index < -0.39 is 0 Å². The quantitative estimate of drug-likeness (QED) is 0.109. The lowest BCUT2D eigenvalue weighted by molar-refractivity contribution is 0.654. The van der Waals surface area contributed by atoms with Gasteiger partial charge in [0.05, 0.1) is 10.5 Å². The lowest BCUT2D eigenvalue weighted by atomic mass is 9.99. The van der Waals surface area contributed by atoms with Crippen LogP contribution in [0.3, 0.4) is 0 Å². The van der Waals surface area contributed by atoms with Crippen LogP contribution in [0.2, 0.25) is 0 Å². The minimum atomic E-state index is 0.455. The van der Waals surface area contributed by atoms with E-state index in [-0.39, 0.29) is 0 Å². The maximum Gasteiger partial charge on any atom is 0.0529 e. The zero-order chi connectivity index (χ0) is 54.6. The van der Waals surface area contributed by atoms with Gasteiger partial charge in [0.2, 0.25) is 0 Å². The van der Waals surface area contributed by atoms with Crippen LogP contribution in [0, 0.1) is 5.92 Å². The molecule has 2 aliphatic rings. The third-order valence-corrected chi connectivity index (χ3v) is 27.6. The molecule has 0 aromatic rings. The van der Waals surface area contributed by atoms with Crippen LogP contribution in [-0.2, 0) is 0 Å². The highest BCUT2D eigenvalue weighted by atomic mass is 33.7. The summed E-state index contributed by atoms with van der Waals surface area (Å²) in [6.45, 7) is 41.3.